The van der Waals surface area contributed by atoms with Gasteiger partial charge >= 0.3 is 5.97 Å². The molecule has 0 radical (unpaired) electrons. The van der Waals surface area contributed by atoms with Crippen LogP contribution in [0.3, 0.4) is 0 Å². The molecule has 0 aromatic heterocycles. The van der Waals surface area contributed by atoms with Crippen molar-refractivity contribution >= 4 is 14.3 Å². The highest BCUT2D eigenvalue weighted by molar-refractivity contribution is 6.74. The standard InChI is InChI=1S/C31H41NO3Si/c1-24(27-17-11-8-12-18-27)32(22-25-14-9-7-10-15-25)29(21-30(33)34)28-19-13-16-26(20-28)23-35-36(5,6)31(2,3)4/h7-20,24,29H,21-23H2,1-6H3,(H,33,34)/t24-,29?/m0/s1. The lowest BCUT2D eigenvalue weighted by Crippen LogP contribution is -2.40. The predicted octanol–water partition coefficient (Wildman–Crippen LogP) is 7.99. The van der Waals surface area contributed by atoms with Crippen molar-refractivity contribution < 1.29 is 14.3 Å². The van der Waals surface area contributed by atoms with E-state index >= 15 is 0 Å². The number of hydrogen-bond acceptors (Lipinski definition) is 3. The normalized spacial score (nSPS) is 14.0. The molecule has 0 fully saturated rings. The lowest BCUT2D eigenvalue weighted by Gasteiger charge is -2.37. The van der Waals surface area contributed by atoms with Gasteiger partial charge in [-0.05, 0) is 47.3 Å². The van der Waals surface area contributed by atoms with Crippen molar-refractivity contribution in [3.63, 3.8) is 0 Å². The minimum Gasteiger partial charge on any atom is -0.481 e. The van der Waals surface area contributed by atoms with Crippen LogP contribution in [-0.2, 0) is 22.4 Å². The first-order valence-corrected chi connectivity index (χ1v) is 15.7. The van der Waals surface area contributed by atoms with E-state index in [-0.39, 0.29) is 23.5 Å². The minimum atomic E-state index is -1.90. The van der Waals surface area contributed by atoms with E-state index in [1.165, 1.54) is 5.56 Å². The molecular weight excluding hydrogens is 462 g/mol. The fourth-order valence-electron chi connectivity index (χ4n) is 4.20. The van der Waals surface area contributed by atoms with Gasteiger partial charge in [-0.1, -0.05) is 106 Å². The van der Waals surface area contributed by atoms with Gasteiger partial charge in [-0.3, -0.25) is 9.69 Å². The number of carbonyl (C=O) groups is 1. The summed E-state index contributed by atoms with van der Waals surface area (Å²) in [5, 5.41) is 10.1. The fourth-order valence-corrected chi connectivity index (χ4v) is 5.16. The van der Waals surface area contributed by atoms with Crippen molar-refractivity contribution in [2.75, 3.05) is 0 Å². The second kappa shape index (κ2) is 12.0. The molecule has 0 heterocycles. The van der Waals surface area contributed by atoms with Gasteiger partial charge in [0.2, 0.25) is 0 Å². The minimum absolute atomic E-state index is 0.0244. The number of hydrogen-bond donors (Lipinski definition) is 1. The fraction of sp³-hybridized carbons (Fsp3) is 0.387. The third kappa shape index (κ3) is 7.39. The molecule has 0 aliphatic heterocycles. The Kier molecular flexibility index (Phi) is 9.28. The Bertz CT molecular complexity index is 1110. The van der Waals surface area contributed by atoms with Crippen molar-refractivity contribution in [1.29, 1.82) is 0 Å². The molecule has 4 nitrogen and oxygen atoms in total. The smallest absolute Gasteiger partial charge is 0.305 e. The number of benzene rings is 3. The van der Waals surface area contributed by atoms with E-state index in [2.05, 4.69) is 88.2 Å². The van der Waals surface area contributed by atoms with Gasteiger partial charge in [-0.25, -0.2) is 0 Å². The van der Waals surface area contributed by atoms with Crippen LogP contribution in [0.5, 0.6) is 0 Å². The van der Waals surface area contributed by atoms with Crippen LogP contribution >= 0.6 is 0 Å². The summed E-state index contributed by atoms with van der Waals surface area (Å²) in [5.74, 6) is -0.804. The predicted molar refractivity (Wildman–Crippen MR) is 150 cm³/mol. The summed E-state index contributed by atoms with van der Waals surface area (Å²) >= 11 is 0. The summed E-state index contributed by atoms with van der Waals surface area (Å²) in [6.45, 7) is 14.6. The molecule has 3 aromatic rings. The molecule has 5 heteroatoms. The van der Waals surface area contributed by atoms with E-state index < -0.39 is 14.3 Å². The average Bonchev–Trinajstić information content (AvgIpc) is 2.85. The topological polar surface area (TPSA) is 49.8 Å². The molecule has 0 saturated carbocycles. The highest BCUT2D eigenvalue weighted by Gasteiger charge is 2.37. The summed E-state index contributed by atoms with van der Waals surface area (Å²) in [6, 6.07) is 28.6. The molecule has 192 valence electrons. The van der Waals surface area contributed by atoms with Crippen LogP contribution in [0.1, 0.15) is 68.5 Å². The molecule has 36 heavy (non-hydrogen) atoms. The van der Waals surface area contributed by atoms with Crippen molar-refractivity contribution in [3.8, 4) is 0 Å². The third-order valence-electron chi connectivity index (χ3n) is 7.50. The number of rotatable bonds is 11. The molecule has 0 spiro atoms. The Morgan fingerprint density at radius 2 is 1.44 bits per heavy atom. The van der Waals surface area contributed by atoms with E-state index in [4.69, 9.17) is 4.43 Å². The summed E-state index contributed by atoms with van der Waals surface area (Å²) in [7, 11) is -1.90. The van der Waals surface area contributed by atoms with Gasteiger partial charge in [0.25, 0.3) is 0 Å². The summed E-state index contributed by atoms with van der Waals surface area (Å²) in [4.78, 5) is 14.4. The van der Waals surface area contributed by atoms with Crippen LogP contribution in [0.25, 0.3) is 0 Å². The van der Waals surface area contributed by atoms with E-state index in [1.807, 2.05) is 42.5 Å². The Labute approximate surface area is 218 Å². The molecule has 0 bridgehead atoms. The highest BCUT2D eigenvalue weighted by atomic mass is 28.4. The Balaban J connectivity index is 1.97. The van der Waals surface area contributed by atoms with Gasteiger partial charge in [0.15, 0.2) is 8.32 Å². The Morgan fingerprint density at radius 3 is 2.03 bits per heavy atom. The second-order valence-corrected chi connectivity index (χ2v) is 16.0. The van der Waals surface area contributed by atoms with E-state index in [1.54, 1.807) is 0 Å². The molecule has 3 aromatic carbocycles. The molecule has 2 atom stereocenters. The van der Waals surface area contributed by atoms with Crippen molar-refractivity contribution in [3.05, 3.63) is 107 Å². The molecule has 0 aliphatic rings. The van der Waals surface area contributed by atoms with Crippen LogP contribution < -0.4 is 0 Å². The maximum Gasteiger partial charge on any atom is 0.305 e. The lowest BCUT2D eigenvalue weighted by molar-refractivity contribution is -0.138. The van der Waals surface area contributed by atoms with Crippen LogP contribution in [0, 0.1) is 0 Å². The maximum atomic E-state index is 12.1. The molecule has 1 unspecified atom stereocenters. The monoisotopic (exact) mass is 503 g/mol. The summed E-state index contributed by atoms with van der Waals surface area (Å²) < 4.78 is 6.48. The number of carboxylic acids is 1. The van der Waals surface area contributed by atoms with Crippen LogP contribution in [0.15, 0.2) is 84.9 Å². The third-order valence-corrected chi connectivity index (χ3v) is 12.0. The molecule has 0 amide bonds. The molecule has 0 aliphatic carbocycles. The van der Waals surface area contributed by atoms with Crippen molar-refractivity contribution in [2.45, 2.75) is 77.5 Å². The van der Waals surface area contributed by atoms with Crippen LogP contribution in [0.4, 0.5) is 0 Å². The van der Waals surface area contributed by atoms with Crippen LogP contribution in [0.2, 0.25) is 18.1 Å². The summed E-state index contributed by atoms with van der Waals surface area (Å²) in [6.07, 6.45) is 0.0244. The van der Waals surface area contributed by atoms with Gasteiger partial charge in [0, 0.05) is 18.6 Å². The van der Waals surface area contributed by atoms with E-state index in [9.17, 15) is 9.90 Å². The first kappa shape index (κ1) is 27.8. The number of carboxylic acid groups (broad SMARTS) is 1. The maximum absolute atomic E-state index is 12.1. The van der Waals surface area contributed by atoms with Gasteiger partial charge < -0.3 is 9.53 Å². The van der Waals surface area contributed by atoms with Gasteiger partial charge in [0.1, 0.15) is 0 Å². The average molecular weight is 504 g/mol. The van der Waals surface area contributed by atoms with Crippen molar-refractivity contribution in [1.82, 2.24) is 4.90 Å². The molecule has 0 saturated heterocycles. The van der Waals surface area contributed by atoms with Gasteiger partial charge in [-0.2, -0.15) is 0 Å². The van der Waals surface area contributed by atoms with Gasteiger partial charge in [0.05, 0.1) is 13.0 Å². The molecule has 1 N–H and O–H groups in total. The lowest BCUT2D eigenvalue weighted by atomic mass is 9.95. The highest BCUT2D eigenvalue weighted by Crippen LogP contribution is 2.38. The van der Waals surface area contributed by atoms with E-state index in [0.717, 1.165) is 16.7 Å². The molecular formula is C31H41NO3Si. The van der Waals surface area contributed by atoms with E-state index in [0.29, 0.717) is 13.2 Å². The largest absolute Gasteiger partial charge is 0.481 e. The summed E-state index contributed by atoms with van der Waals surface area (Å²) in [5.41, 5.74) is 4.42. The quantitative estimate of drug-likeness (QED) is 0.269. The number of nitrogens with zero attached hydrogens (tertiary/aromatic N) is 1. The van der Waals surface area contributed by atoms with Crippen LogP contribution in [-0.4, -0.2) is 24.3 Å². The molecule has 3 rings (SSSR count). The zero-order valence-electron chi connectivity index (χ0n) is 22.6. The first-order valence-electron chi connectivity index (χ1n) is 12.8. The zero-order valence-corrected chi connectivity index (χ0v) is 23.6. The zero-order chi connectivity index (χ0) is 26.3. The Hall–Kier alpha value is -2.73. The van der Waals surface area contributed by atoms with Gasteiger partial charge in [-0.15, -0.1) is 0 Å². The van der Waals surface area contributed by atoms with Crippen molar-refractivity contribution in [2.24, 2.45) is 0 Å². The number of aliphatic carboxylic acids is 1. The first-order chi connectivity index (χ1) is 17.0. The SMILES string of the molecule is C[C@@H](c1ccccc1)N(Cc1ccccc1)C(CC(=O)O)c1cccc(CO[Si](C)(C)C(C)(C)C)c1. The second-order valence-electron chi connectivity index (χ2n) is 11.2. The Morgan fingerprint density at radius 1 is 0.889 bits per heavy atom.